The lowest BCUT2D eigenvalue weighted by molar-refractivity contribution is 0.371. The van der Waals surface area contributed by atoms with E-state index in [4.69, 9.17) is 4.52 Å². The molecule has 1 N–H and O–H groups in total. The average Bonchev–Trinajstić information content (AvgIpc) is 2.85. The van der Waals surface area contributed by atoms with E-state index in [-0.39, 0.29) is 5.82 Å². The zero-order valence-electron chi connectivity index (χ0n) is 10.7. The number of nitrogens with zero attached hydrogens (tertiary/aromatic N) is 2. The molecule has 1 aromatic heterocycles. The molecule has 0 fully saturated rings. The van der Waals surface area contributed by atoms with Gasteiger partial charge in [-0.1, -0.05) is 11.2 Å². The third-order valence-electron chi connectivity index (χ3n) is 2.49. The van der Waals surface area contributed by atoms with Crippen molar-refractivity contribution in [2.45, 2.75) is 23.5 Å². The van der Waals surface area contributed by atoms with Crippen LogP contribution in [0.5, 0.6) is 0 Å². The van der Waals surface area contributed by atoms with Gasteiger partial charge in [-0.05, 0) is 38.2 Å². The third kappa shape index (κ3) is 4.65. The lowest BCUT2D eigenvalue weighted by atomic mass is 10.3. The maximum absolute atomic E-state index is 13.0. The summed E-state index contributed by atoms with van der Waals surface area (Å²) in [4.78, 5) is 5.16. The van der Waals surface area contributed by atoms with Crippen LogP contribution in [0.1, 0.15) is 18.1 Å². The summed E-state index contributed by atoms with van der Waals surface area (Å²) in [6.45, 7) is 0.926. The summed E-state index contributed by atoms with van der Waals surface area (Å²) >= 11 is 1.49. The van der Waals surface area contributed by atoms with Gasteiger partial charge in [0.25, 0.3) is 0 Å². The monoisotopic (exact) mass is 281 g/mol. The fourth-order valence-corrected chi connectivity index (χ4v) is 2.36. The van der Waals surface area contributed by atoms with Crippen molar-refractivity contribution in [3.63, 3.8) is 0 Å². The van der Waals surface area contributed by atoms with Crippen molar-refractivity contribution in [3.8, 4) is 0 Å². The molecule has 0 saturated heterocycles. The Morgan fingerprint density at radius 2 is 2.32 bits per heavy atom. The van der Waals surface area contributed by atoms with E-state index >= 15 is 0 Å². The van der Waals surface area contributed by atoms with E-state index in [1.54, 1.807) is 6.07 Å². The Labute approximate surface area is 115 Å². The molecule has 0 aliphatic heterocycles. The van der Waals surface area contributed by atoms with Crippen LogP contribution < -0.4 is 5.32 Å². The Morgan fingerprint density at radius 1 is 1.42 bits per heavy atom. The molecule has 0 saturated carbocycles. The molecule has 6 heteroatoms. The lowest BCUT2D eigenvalue weighted by Gasteiger charge is -1.97. The summed E-state index contributed by atoms with van der Waals surface area (Å²) in [6.07, 6.45) is 1.74. The van der Waals surface area contributed by atoms with Gasteiger partial charge in [0.2, 0.25) is 5.89 Å². The summed E-state index contributed by atoms with van der Waals surface area (Å²) in [5.41, 5.74) is 0. The molecule has 1 aromatic carbocycles. The minimum absolute atomic E-state index is 0.231. The molecule has 0 unspecified atom stereocenters. The second kappa shape index (κ2) is 7.25. The number of thioether (sulfide) groups is 1. The number of benzene rings is 1. The molecule has 2 aromatic rings. The van der Waals surface area contributed by atoms with Crippen LogP contribution in [0.2, 0.25) is 0 Å². The smallest absolute Gasteiger partial charge is 0.226 e. The highest BCUT2D eigenvalue weighted by Gasteiger charge is 2.06. The molecule has 0 atom stereocenters. The third-order valence-corrected chi connectivity index (χ3v) is 3.48. The zero-order valence-corrected chi connectivity index (χ0v) is 11.5. The maximum Gasteiger partial charge on any atom is 0.226 e. The van der Waals surface area contributed by atoms with Crippen LogP contribution in [-0.4, -0.2) is 23.7 Å². The van der Waals surface area contributed by atoms with E-state index in [1.165, 1.54) is 23.9 Å². The van der Waals surface area contributed by atoms with Crippen LogP contribution in [0.3, 0.4) is 0 Å². The fraction of sp³-hybridized carbons (Fsp3) is 0.385. The molecular weight excluding hydrogens is 265 g/mol. The Balaban J connectivity index is 1.83. The van der Waals surface area contributed by atoms with Gasteiger partial charge in [-0.3, -0.25) is 0 Å². The van der Waals surface area contributed by atoms with Crippen LogP contribution in [0.25, 0.3) is 0 Å². The van der Waals surface area contributed by atoms with Crippen molar-refractivity contribution < 1.29 is 8.91 Å². The second-order valence-corrected chi connectivity index (χ2v) is 5.11. The highest BCUT2D eigenvalue weighted by molar-refractivity contribution is 7.98. The minimum Gasteiger partial charge on any atom is -0.339 e. The zero-order chi connectivity index (χ0) is 13.5. The lowest BCUT2D eigenvalue weighted by Crippen LogP contribution is -2.08. The highest BCUT2D eigenvalue weighted by Crippen LogP contribution is 2.22. The van der Waals surface area contributed by atoms with Gasteiger partial charge in [0.15, 0.2) is 5.82 Å². The van der Waals surface area contributed by atoms with E-state index in [2.05, 4.69) is 15.5 Å². The number of rotatable bonds is 7. The average molecular weight is 281 g/mol. The topological polar surface area (TPSA) is 51.0 Å². The molecule has 19 heavy (non-hydrogen) atoms. The quantitative estimate of drug-likeness (QED) is 0.624. The van der Waals surface area contributed by atoms with Gasteiger partial charge >= 0.3 is 0 Å². The molecule has 4 nitrogen and oxygen atoms in total. The molecule has 2 rings (SSSR count). The van der Waals surface area contributed by atoms with E-state index in [0.717, 1.165) is 24.3 Å². The first kappa shape index (κ1) is 14.0. The minimum atomic E-state index is -0.231. The molecule has 0 amide bonds. The number of nitrogens with one attached hydrogen (secondary N) is 1. The number of aryl methyl sites for hydroxylation is 1. The standard InChI is InChI=1S/C13H16FN3OS/c1-15-7-3-6-13-16-12(17-18-13)9-19-11-5-2-4-10(14)8-11/h2,4-5,8,15H,3,6-7,9H2,1H3. The first-order valence-corrected chi connectivity index (χ1v) is 7.11. The fourth-order valence-electron chi connectivity index (χ4n) is 1.57. The van der Waals surface area contributed by atoms with E-state index < -0.39 is 0 Å². The van der Waals surface area contributed by atoms with Crippen LogP contribution in [0, 0.1) is 5.82 Å². The Morgan fingerprint density at radius 3 is 3.11 bits per heavy atom. The first-order chi connectivity index (χ1) is 9.28. The second-order valence-electron chi connectivity index (χ2n) is 4.06. The first-order valence-electron chi connectivity index (χ1n) is 6.12. The Kier molecular flexibility index (Phi) is 5.35. The summed E-state index contributed by atoms with van der Waals surface area (Å²) in [6, 6.07) is 6.48. The van der Waals surface area contributed by atoms with Gasteiger partial charge in [0.05, 0.1) is 5.75 Å². The van der Waals surface area contributed by atoms with Crippen LogP contribution in [-0.2, 0) is 12.2 Å². The molecule has 0 radical (unpaired) electrons. The molecule has 0 bridgehead atoms. The number of hydrogen-bond acceptors (Lipinski definition) is 5. The summed E-state index contributed by atoms with van der Waals surface area (Å²) in [5.74, 6) is 1.66. The largest absolute Gasteiger partial charge is 0.339 e. The molecular formula is C13H16FN3OS. The van der Waals surface area contributed by atoms with Gasteiger partial charge in [-0.2, -0.15) is 4.98 Å². The van der Waals surface area contributed by atoms with Gasteiger partial charge in [-0.25, -0.2) is 4.39 Å². The van der Waals surface area contributed by atoms with Crippen molar-refractivity contribution in [1.82, 2.24) is 15.5 Å². The van der Waals surface area contributed by atoms with Crippen LogP contribution >= 0.6 is 11.8 Å². The summed E-state index contributed by atoms with van der Waals surface area (Å²) < 4.78 is 18.1. The SMILES string of the molecule is CNCCCc1nc(CSc2cccc(F)c2)no1. The summed E-state index contributed by atoms with van der Waals surface area (Å²) in [7, 11) is 1.91. The van der Waals surface area contributed by atoms with Crippen molar-refractivity contribution in [2.24, 2.45) is 0 Å². The molecule has 0 spiro atoms. The normalized spacial score (nSPS) is 10.8. The van der Waals surface area contributed by atoms with E-state index in [0.29, 0.717) is 17.5 Å². The van der Waals surface area contributed by atoms with Crippen LogP contribution in [0.4, 0.5) is 4.39 Å². The molecule has 102 valence electrons. The van der Waals surface area contributed by atoms with Crippen molar-refractivity contribution in [2.75, 3.05) is 13.6 Å². The van der Waals surface area contributed by atoms with Crippen molar-refractivity contribution in [1.29, 1.82) is 0 Å². The van der Waals surface area contributed by atoms with Gasteiger partial charge in [0, 0.05) is 11.3 Å². The number of aromatic nitrogens is 2. The Bertz CT molecular complexity index is 518. The molecule has 0 aliphatic rings. The van der Waals surface area contributed by atoms with Gasteiger partial charge < -0.3 is 9.84 Å². The predicted molar refractivity (Wildman–Crippen MR) is 72.5 cm³/mol. The van der Waals surface area contributed by atoms with Gasteiger partial charge in [0.1, 0.15) is 5.82 Å². The Hall–Kier alpha value is -1.40. The molecule has 0 aliphatic carbocycles. The highest BCUT2D eigenvalue weighted by atomic mass is 32.2. The van der Waals surface area contributed by atoms with Gasteiger partial charge in [-0.15, -0.1) is 11.8 Å². The van der Waals surface area contributed by atoms with E-state index in [9.17, 15) is 4.39 Å². The predicted octanol–water partition coefficient (Wildman–Crippen LogP) is 2.65. The molecule has 1 heterocycles. The van der Waals surface area contributed by atoms with Crippen LogP contribution in [0.15, 0.2) is 33.7 Å². The maximum atomic E-state index is 13.0. The van der Waals surface area contributed by atoms with E-state index in [1.807, 2.05) is 13.1 Å². The number of halogens is 1. The summed E-state index contributed by atoms with van der Waals surface area (Å²) in [5, 5.41) is 6.98. The van der Waals surface area contributed by atoms with Crippen molar-refractivity contribution >= 4 is 11.8 Å². The van der Waals surface area contributed by atoms with Crippen molar-refractivity contribution in [3.05, 3.63) is 41.8 Å². The number of hydrogen-bond donors (Lipinski definition) is 1.